The van der Waals surface area contributed by atoms with E-state index in [2.05, 4.69) is 20.7 Å². The molecule has 0 unspecified atom stereocenters. The number of sulfonamides is 1. The van der Waals surface area contributed by atoms with Crippen molar-refractivity contribution in [2.24, 2.45) is 0 Å². The largest absolute Gasteiger partial charge is 0.291 e. The molecule has 134 valence electrons. The van der Waals surface area contributed by atoms with Crippen molar-refractivity contribution in [3.8, 4) is 0 Å². The van der Waals surface area contributed by atoms with E-state index in [0.717, 1.165) is 17.7 Å². The molecule has 0 amide bonds. The molecule has 0 bridgehead atoms. The van der Waals surface area contributed by atoms with Crippen LogP contribution in [0.15, 0.2) is 53.4 Å². The number of rotatable bonds is 6. The maximum absolute atomic E-state index is 13.2. The number of nitro groups is 1. The van der Waals surface area contributed by atoms with Crippen LogP contribution in [-0.4, -0.2) is 17.8 Å². The zero-order valence-electron chi connectivity index (χ0n) is 13.4. The van der Waals surface area contributed by atoms with E-state index in [4.69, 9.17) is 0 Å². The second-order valence-electron chi connectivity index (χ2n) is 5.70. The van der Waals surface area contributed by atoms with Gasteiger partial charge in [0.25, 0.3) is 4.45 Å². The number of aryl methyl sites for hydroxylation is 1. The molecule has 25 heavy (non-hydrogen) atoms. The van der Waals surface area contributed by atoms with E-state index in [1.807, 2.05) is 6.92 Å². The Bertz CT molecular complexity index is 868. The Balaban J connectivity index is 2.47. The van der Waals surface area contributed by atoms with Crippen molar-refractivity contribution >= 4 is 26.0 Å². The predicted molar refractivity (Wildman–Crippen MR) is 95.0 cm³/mol. The third-order valence-corrected chi connectivity index (χ3v) is 5.88. The Kier molecular flexibility index (Phi) is 5.60. The predicted octanol–water partition coefficient (Wildman–Crippen LogP) is 3.54. The summed E-state index contributed by atoms with van der Waals surface area (Å²) < 4.78 is 38.9. The van der Waals surface area contributed by atoms with Gasteiger partial charge in [-0.15, -0.1) is 0 Å². The van der Waals surface area contributed by atoms with Gasteiger partial charge in [-0.05, 0) is 36.8 Å². The van der Waals surface area contributed by atoms with Gasteiger partial charge in [0.05, 0.1) is 4.90 Å². The van der Waals surface area contributed by atoms with Crippen molar-refractivity contribution < 1.29 is 17.7 Å². The Morgan fingerprint density at radius 3 is 2.16 bits per heavy atom. The first kappa shape index (κ1) is 19.5. The van der Waals surface area contributed by atoms with E-state index >= 15 is 0 Å². The standard InChI is InChI=1S/C16H16BrFN2O4S/c1-11-3-9-14(10-4-11)25(23,24)19-15(16(2,17)20(21)22)12-5-7-13(18)8-6-12/h3-10,15,19H,1-2H3/t15-,16+/m1/s1. The van der Waals surface area contributed by atoms with Gasteiger partial charge in [0.2, 0.25) is 10.0 Å². The monoisotopic (exact) mass is 430 g/mol. The average Bonchev–Trinajstić information content (AvgIpc) is 2.54. The molecule has 6 nitrogen and oxygen atoms in total. The van der Waals surface area contributed by atoms with Gasteiger partial charge in [-0.3, -0.25) is 10.1 Å². The lowest BCUT2D eigenvalue weighted by atomic mass is 10.0. The molecular formula is C16H16BrFN2O4S. The maximum Gasteiger partial charge on any atom is 0.291 e. The number of hydrogen-bond donors (Lipinski definition) is 1. The van der Waals surface area contributed by atoms with E-state index in [1.165, 1.54) is 31.2 Å². The summed E-state index contributed by atoms with van der Waals surface area (Å²) in [5, 5.41) is 11.4. The second-order valence-corrected chi connectivity index (χ2v) is 9.02. The SMILES string of the molecule is Cc1ccc(S(=O)(=O)N[C@H](c2ccc(F)cc2)[C@@](C)(Br)[N+](=O)[O-])cc1. The fourth-order valence-electron chi connectivity index (χ4n) is 2.18. The third-order valence-electron chi connectivity index (χ3n) is 3.69. The first-order chi connectivity index (χ1) is 11.5. The van der Waals surface area contributed by atoms with Crippen molar-refractivity contribution in [3.63, 3.8) is 0 Å². The topological polar surface area (TPSA) is 89.3 Å². The summed E-state index contributed by atoms with van der Waals surface area (Å²) in [5.74, 6) is -0.527. The Hall–Kier alpha value is -1.84. The summed E-state index contributed by atoms with van der Waals surface area (Å²) in [6.45, 7) is 3.05. The molecule has 0 spiro atoms. The van der Waals surface area contributed by atoms with Crippen molar-refractivity contribution in [1.29, 1.82) is 0 Å². The third kappa shape index (κ3) is 4.42. The normalized spacial score (nSPS) is 15.4. The molecule has 2 aromatic rings. The van der Waals surface area contributed by atoms with E-state index in [-0.39, 0.29) is 10.5 Å². The van der Waals surface area contributed by atoms with Crippen molar-refractivity contribution in [1.82, 2.24) is 4.72 Å². The van der Waals surface area contributed by atoms with Gasteiger partial charge in [-0.2, -0.15) is 4.72 Å². The van der Waals surface area contributed by atoms with Crippen molar-refractivity contribution in [2.45, 2.75) is 29.2 Å². The Morgan fingerprint density at radius 1 is 1.16 bits per heavy atom. The Morgan fingerprint density at radius 2 is 1.68 bits per heavy atom. The lowest BCUT2D eigenvalue weighted by Crippen LogP contribution is -2.45. The number of halogens is 2. The molecule has 0 heterocycles. The zero-order chi connectivity index (χ0) is 18.8. The highest BCUT2D eigenvalue weighted by Gasteiger charge is 2.46. The molecule has 0 saturated heterocycles. The van der Waals surface area contributed by atoms with Gasteiger partial charge < -0.3 is 0 Å². The minimum Gasteiger partial charge on any atom is -0.263 e. The second kappa shape index (κ2) is 7.19. The molecule has 2 rings (SSSR count). The summed E-state index contributed by atoms with van der Waals surface area (Å²) in [6.07, 6.45) is 0. The molecule has 0 radical (unpaired) electrons. The number of alkyl halides is 1. The van der Waals surface area contributed by atoms with Crippen LogP contribution < -0.4 is 4.72 Å². The van der Waals surface area contributed by atoms with Crippen molar-refractivity contribution in [2.75, 3.05) is 0 Å². The molecule has 0 aliphatic rings. The van der Waals surface area contributed by atoms with E-state index in [1.54, 1.807) is 12.1 Å². The fraction of sp³-hybridized carbons (Fsp3) is 0.250. The van der Waals surface area contributed by atoms with Crippen LogP contribution in [0.4, 0.5) is 4.39 Å². The molecule has 9 heteroatoms. The van der Waals surface area contributed by atoms with Crippen molar-refractivity contribution in [3.05, 3.63) is 75.6 Å². The van der Waals surface area contributed by atoms with E-state index in [9.17, 15) is 22.9 Å². The minimum absolute atomic E-state index is 0.0168. The average molecular weight is 431 g/mol. The minimum atomic E-state index is -4.03. The molecule has 2 atom stereocenters. The number of nitrogens with one attached hydrogen (secondary N) is 1. The van der Waals surface area contributed by atoms with E-state index < -0.39 is 31.3 Å². The number of benzene rings is 2. The van der Waals surface area contributed by atoms with Crippen LogP contribution in [-0.2, 0) is 10.0 Å². The first-order valence-electron chi connectivity index (χ1n) is 7.22. The number of nitrogens with zero attached hydrogens (tertiary/aromatic N) is 1. The highest BCUT2D eigenvalue weighted by Crippen LogP contribution is 2.35. The highest BCUT2D eigenvalue weighted by atomic mass is 79.9. The van der Waals surface area contributed by atoms with Crippen LogP contribution in [0.2, 0.25) is 0 Å². The zero-order valence-corrected chi connectivity index (χ0v) is 15.8. The molecule has 0 saturated carbocycles. The molecule has 0 aromatic heterocycles. The van der Waals surface area contributed by atoms with Crippen LogP contribution in [0, 0.1) is 22.9 Å². The lowest BCUT2D eigenvalue weighted by molar-refractivity contribution is -0.536. The van der Waals surface area contributed by atoms with Crippen LogP contribution in [0.3, 0.4) is 0 Å². The lowest BCUT2D eigenvalue weighted by Gasteiger charge is -2.26. The van der Waals surface area contributed by atoms with E-state index in [0.29, 0.717) is 0 Å². The summed E-state index contributed by atoms with van der Waals surface area (Å²) >= 11 is 2.99. The van der Waals surface area contributed by atoms with Crippen LogP contribution >= 0.6 is 15.9 Å². The van der Waals surface area contributed by atoms with Gasteiger partial charge >= 0.3 is 0 Å². The summed E-state index contributed by atoms with van der Waals surface area (Å²) in [5.41, 5.74) is 1.14. The van der Waals surface area contributed by atoms with Gasteiger partial charge in [-0.25, -0.2) is 12.8 Å². The fourth-order valence-corrected chi connectivity index (χ4v) is 4.02. The molecule has 0 aliphatic heterocycles. The summed E-state index contributed by atoms with van der Waals surface area (Å²) in [6, 6.07) is 9.67. The van der Waals surface area contributed by atoms with Crippen LogP contribution in [0.1, 0.15) is 24.1 Å². The molecule has 0 aliphatic carbocycles. The molecule has 2 aromatic carbocycles. The van der Waals surface area contributed by atoms with Gasteiger partial charge in [0.15, 0.2) is 0 Å². The van der Waals surface area contributed by atoms with Crippen LogP contribution in [0.25, 0.3) is 0 Å². The quantitative estimate of drug-likeness (QED) is 0.328. The molecular weight excluding hydrogens is 415 g/mol. The smallest absolute Gasteiger partial charge is 0.263 e. The maximum atomic E-state index is 13.2. The van der Waals surface area contributed by atoms with Crippen LogP contribution in [0.5, 0.6) is 0 Å². The van der Waals surface area contributed by atoms with Gasteiger partial charge in [-0.1, -0.05) is 29.8 Å². The first-order valence-corrected chi connectivity index (χ1v) is 9.49. The van der Waals surface area contributed by atoms with Gasteiger partial charge in [0, 0.05) is 27.8 Å². The van der Waals surface area contributed by atoms with Gasteiger partial charge in [0.1, 0.15) is 11.9 Å². The highest BCUT2D eigenvalue weighted by molar-refractivity contribution is 9.10. The summed E-state index contributed by atoms with van der Waals surface area (Å²) in [7, 11) is -4.03. The molecule has 0 fully saturated rings. The Labute approximate surface area is 153 Å². The summed E-state index contributed by atoms with van der Waals surface area (Å²) in [4.78, 5) is 10.8. The number of hydrogen-bond acceptors (Lipinski definition) is 4. The molecule has 1 N–H and O–H groups in total.